The molecule has 142 valence electrons. The number of rotatable bonds is 8. The third kappa shape index (κ3) is 6.69. The number of aromatic hydroxyl groups is 1. The molecule has 1 atom stereocenters. The molecule has 2 amide bonds. The Labute approximate surface area is 160 Å². The standard InChI is InChI=1S/C20H29N3O2S/c1-20(2,12-16-8-9-26-14-16)22-19(25)21-13-17(23(3)4)10-15-6-5-7-18(24)11-15/h5-9,11,14,17,24H,10,12-13H2,1-4H3,(H2,21,22,25). The summed E-state index contributed by atoms with van der Waals surface area (Å²) in [7, 11) is 3.99. The minimum absolute atomic E-state index is 0.141. The summed E-state index contributed by atoms with van der Waals surface area (Å²) in [5.41, 5.74) is 1.96. The topological polar surface area (TPSA) is 64.6 Å². The number of hydrogen-bond donors (Lipinski definition) is 3. The molecule has 2 aromatic rings. The number of carbonyl (C=O) groups excluding carboxylic acids is 1. The molecule has 0 saturated carbocycles. The van der Waals surface area contributed by atoms with E-state index < -0.39 is 0 Å². The van der Waals surface area contributed by atoms with Crippen molar-refractivity contribution in [2.24, 2.45) is 0 Å². The minimum atomic E-state index is -0.315. The van der Waals surface area contributed by atoms with Crippen molar-refractivity contribution in [1.82, 2.24) is 15.5 Å². The van der Waals surface area contributed by atoms with Crippen LogP contribution in [0.25, 0.3) is 0 Å². The van der Waals surface area contributed by atoms with Crippen LogP contribution in [0, 0.1) is 0 Å². The third-order valence-electron chi connectivity index (χ3n) is 4.29. The number of benzene rings is 1. The van der Waals surface area contributed by atoms with Crippen LogP contribution in [0.4, 0.5) is 4.79 Å². The van der Waals surface area contributed by atoms with Crippen LogP contribution in [0.2, 0.25) is 0 Å². The fraction of sp³-hybridized carbons (Fsp3) is 0.450. The Hall–Kier alpha value is -2.05. The normalized spacial score (nSPS) is 12.8. The molecule has 1 heterocycles. The van der Waals surface area contributed by atoms with Gasteiger partial charge in [-0.25, -0.2) is 4.79 Å². The zero-order valence-electron chi connectivity index (χ0n) is 16.0. The lowest BCUT2D eigenvalue weighted by atomic mass is 9.97. The summed E-state index contributed by atoms with van der Waals surface area (Å²) in [6.45, 7) is 4.59. The molecule has 0 aliphatic carbocycles. The average Bonchev–Trinajstić information content (AvgIpc) is 3.02. The number of urea groups is 1. The number of carbonyl (C=O) groups is 1. The van der Waals surface area contributed by atoms with Gasteiger partial charge < -0.3 is 20.6 Å². The Balaban J connectivity index is 1.86. The van der Waals surface area contributed by atoms with E-state index in [1.54, 1.807) is 23.5 Å². The van der Waals surface area contributed by atoms with E-state index in [2.05, 4.69) is 32.4 Å². The Bertz CT molecular complexity index is 699. The first kappa shape index (κ1) is 20.3. The van der Waals surface area contributed by atoms with Crippen molar-refractivity contribution in [2.45, 2.75) is 38.3 Å². The first-order chi connectivity index (χ1) is 12.2. The summed E-state index contributed by atoms with van der Waals surface area (Å²) in [5, 5.41) is 19.8. The Morgan fingerprint density at radius 3 is 2.65 bits per heavy atom. The number of nitrogens with zero attached hydrogens (tertiary/aromatic N) is 1. The summed E-state index contributed by atoms with van der Waals surface area (Å²) < 4.78 is 0. The SMILES string of the molecule is CN(C)C(CNC(=O)NC(C)(C)Cc1ccsc1)Cc1cccc(O)c1. The van der Waals surface area contributed by atoms with Gasteiger partial charge in [-0.05, 0) is 80.9 Å². The van der Waals surface area contributed by atoms with Gasteiger partial charge in [-0.1, -0.05) is 12.1 Å². The molecule has 0 fully saturated rings. The first-order valence-corrected chi connectivity index (χ1v) is 9.71. The summed E-state index contributed by atoms with van der Waals surface area (Å²) in [6.07, 6.45) is 1.55. The Morgan fingerprint density at radius 2 is 2.04 bits per heavy atom. The number of likely N-dealkylation sites (N-methyl/N-ethyl adjacent to an activating group) is 1. The average molecular weight is 376 g/mol. The van der Waals surface area contributed by atoms with E-state index in [4.69, 9.17) is 0 Å². The first-order valence-electron chi connectivity index (χ1n) is 8.76. The van der Waals surface area contributed by atoms with E-state index in [9.17, 15) is 9.90 Å². The lowest BCUT2D eigenvalue weighted by Crippen LogP contribution is -2.52. The summed E-state index contributed by atoms with van der Waals surface area (Å²) >= 11 is 1.67. The lowest BCUT2D eigenvalue weighted by Gasteiger charge is -2.28. The molecule has 6 heteroatoms. The van der Waals surface area contributed by atoms with Gasteiger partial charge in [-0.3, -0.25) is 0 Å². The van der Waals surface area contributed by atoms with Crippen molar-refractivity contribution in [3.05, 3.63) is 52.2 Å². The molecule has 0 bridgehead atoms. The van der Waals surface area contributed by atoms with Crippen LogP contribution in [-0.4, -0.2) is 48.3 Å². The molecule has 1 aromatic carbocycles. The second-order valence-electron chi connectivity index (χ2n) is 7.52. The summed E-state index contributed by atoms with van der Waals surface area (Å²) in [6, 6.07) is 9.32. The molecule has 1 aromatic heterocycles. The predicted molar refractivity (Wildman–Crippen MR) is 108 cm³/mol. The van der Waals surface area contributed by atoms with Crippen molar-refractivity contribution < 1.29 is 9.90 Å². The number of nitrogens with one attached hydrogen (secondary N) is 2. The highest BCUT2D eigenvalue weighted by Crippen LogP contribution is 2.16. The van der Waals surface area contributed by atoms with Crippen molar-refractivity contribution in [3.63, 3.8) is 0 Å². The van der Waals surface area contributed by atoms with Gasteiger partial charge >= 0.3 is 6.03 Å². The van der Waals surface area contributed by atoms with Gasteiger partial charge in [0, 0.05) is 18.1 Å². The molecule has 0 aliphatic heterocycles. The van der Waals surface area contributed by atoms with Crippen molar-refractivity contribution in [3.8, 4) is 5.75 Å². The minimum Gasteiger partial charge on any atom is -0.508 e. The van der Waals surface area contributed by atoms with Crippen molar-refractivity contribution in [2.75, 3.05) is 20.6 Å². The maximum Gasteiger partial charge on any atom is 0.315 e. The van der Waals surface area contributed by atoms with E-state index in [0.717, 1.165) is 18.4 Å². The van der Waals surface area contributed by atoms with Crippen LogP contribution in [0.15, 0.2) is 41.1 Å². The molecule has 1 unspecified atom stereocenters. The number of thiophene rings is 1. The predicted octanol–water partition coefficient (Wildman–Crippen LogP) is 3.25. The number of amides is 2. The fourth-order valence-corrected chi connectivity index (χ4v) is 3.57. The highest BCUT2D eigenvalue weighted by molar-refractivity contribution is 7.07. The summed E-state index contributed by atoms with van der Waals surface area (Å²) in [4.78, 5) is 14.4. The van der Waals surface area contributed by atoms with E-state index in [0.29, 0.717) is 6.54 Å². The molecule has 0 saturated heterocycles. The van der Waals surface area contributed by atoms with Gasteiger partial charge in [0.15, 0.2) is 0 Å². The van der Waals surface area contributed by atoms with Crippen molar-refractivity contribution >= 4 is 17.4 Å². The smallest absolute Gasteiger partial charge is 0.315 e. The zero-order valence-corrected chi connectivity index (χ0v) is 16.8. The van der Waals surface area contributed by atoms with Gasteiger partial charge in [0.1, 0.15) is 5.75 Å². The lowest BCUT2D eigenvalue weighted by molar-refractivity contribution is 0.222. The van der Waals surface area contributed by atoms with Crippen LogP contribution in [-0.2, 0) is 12.8 Å². The van der Waals surface area contributed by atoms with E-state index in [1.165, 1.54) is 5.56 Å². The van der Waals surface area contributed by atoms with Gasteiger partial charge in [0.05, 0.1) is 0 Å². The Morgan fingerprint density at radius 1 is 1.27 bits per heavy atom. The number of phenols is 1. The number of hydrogen-bond acceptors (Lipinski definition) is 4. The van der Waals surface area contributed by atoms with E-state index in [-0.39, 0.29) is 23.4 Å². The maximum atomic E-state index is 12.3. The second-order valence-corrected chi connectivity index (χ2v) is 8.30. The third-order valence-corrected chi connectivity index (χ3v) is 5.02. The van der Waals surface area contributed by atoms with Gasteiger partial charge in [-0.2, -0.15) is 11.3 Å². The molecule has 5 nitrogen and oxygen atoms in total. The molecule has 0 radical (unpaired) electrons. The zero-order chi connectivity index (χ0) is 19.2. The quantitative estimate of drug-likeness (QED) is 0.664. The molecular formula is C20H29N3O2S. The fourth-order valence-electron chi connectivity index (χ4n) is 2.90. The molecule has 2 rings (SSSR count). The summed E-state index contributed by atoms with van der Waals surface area (Å²) in [5.74, 6) is 0.265. The largest absolute Gasteiger partial charge is 0.508 e. The van der Waals surface area contributed by atoms with Gasteiger partial charge in [0.25, 0.3) is 0 Å². The highest BCUT2D eigenvalue weighted by Gasteiger charge is 2.22. The molecule has 0 aliphatic rings. The van der Waals surface area contributed by atoms with Crippen LogP contribution >= 0.6 is 11.3 Å². The van der Waals surface area contributed by atoms with E-state index in [1.807, 2.05) is 40.1 Å². The second kappa shape index (κ2) is 9.05. The Kier molecular flexibility index (Phi) is 7.06. The highest BCUT2D eigenvalue weighted by atomic mass is 32.1. The van der Waals surface area contributed by atoms with Crippen LogP contribution < -0.4 is 10.6 Å². The molecule has 0 spiro atoms. The van der Waals surface area contributed by atoms with E-state index >= 15 is 0 Å². The van der Waals surface area contributed by atoms with Crippen molar-refractivity contribution in [1.29, 1.82) is 0 Å². The molecule has 3 N–H and O–H groups in total. The van der Waals surface area contributed by atoms with Gasteiger partial charge in [-0.15, -0.1) is 0 Å². The number of phenolic OH excluding ortho intramolecular Hbond substituents is 1. The maximum absolute atomic E-state index is 12.3. The monoisotopic (exact) mass is 375 g/mol. The molecular weight excluding hydrogens is 346 g/mol. The van der Waals surface area contributed by atoms with Crippen LogP contribution in [0.5, 0.6) is 5.75 Å². The van der Waals surface area contributed by atoms with Crippen LogP contribution in [0.1, 0.15) is 25.0 Å². The molecule has 26 heavy (non-hydrogen) atoms. The van der Waals surface area contributed by atoms with Crippen LogP contribution in [0.3, 0.4) is 0 Å². The van der Waals surface area contributed by atoms with Gasteiger partial charge in [0.2, 0.25) is 0 Å².